The van der Waals surface area contributed by atoms with Gasteiger partial charge < -0.3 is 4.90 Å². The molecule has 0 N–H and O–H groups in total. The van der Waals surface area contributed by atoms with E-state index < -0.39 is 0 Å². The molecule has 0 spiro atoms. The van der Waals surface area contributed by atoms with Gasteiger partial charge in [-0.1, -0.05) is 6.07 Å². The molecule has 21 heavy (non-hydrogen) atoms. The van der Waals surface area contributed by atoms with Crippen LogP contribution in [0.5, 0.6) is 0 Å². The van der Waals surface area contributed by atoms with Crippen LogP contribution in [0.25, 0.3) is 22.2 Å². The van der Waals surface area contributed by atoms with Crippen molar-refractivity contribution in [1.82, 2.24) is 9.97 Å². The third-order valence-corrected chi connectivity index (χ3v) is 4.35. The van der Waals surface area contributed by atoms with Gasteiger partial charge in [0.15, 0.2) is 0 Å². The van der Waals surface area contributed by atoms with E-state index in [-0.39, 0.29) is 0 Å². The van der Waals surface area contributed by atoms with Crippen LogP contribution in [0.15, 0.2) is 42.6 Å². The molecular weight excluding hydrogens is 373 g/mol. The first-order chi connectivity index (χ1) is 10.1. The van der Waals surface area contributed by atoms with Crippen LogP contribution in [-0.4, -0.2) is 24.1 Å². The topological polar surface area (TPSA) is 29.0 Å². The first-order valence-electron chi connectivity index (χ1n) is 6.76. The number of fused-ring (bicyclic) bond motifs is 1. The smallest absolute Gasteiger partial charge is 0.111 e. The monoisotopic (exact) mass is 389 g/mol. The number of anilines is 1. The molecule has 0 atom stereocenters. The van der Waals surface area contributed by atoms with Crippen molar-refractivity contribution < 1.29 is 0 Å². The molecule has 0 radical (unpaired) electrons. The summed E-state index contributed by atoms with van der Waals surface area (Å²) < 4.78 is 0.988. The van der Waals surface area contributed by atoms with E-state index in [2.05, 4.69) is 83.8 Å². The molecule has 0 bridgehead atoms. The highest BCUT2D eigenvalue weighted by molar-refractivity contribution is 14.1. The maximum atomic E-state index is 4.72. The quantitative estimate of drug-likeness (QED) is 0.484. The molecule has 3 nitrogen and oxygen atoms in total. The van der Waals surface area contributed by atoms with Crippen LogP contribution >= 0.6 is 22.6 Å². The molecule has 0 fully saturated rings. The number of rotatable bonds is 2. The minimum atomic E-state index is 0.971. The summed E-state index contributed by atoms with van der Waals surface area (Å²) in [6, 6.07) is 12.5. The van der Waals surface area contributed by atoms with Gasteiger partial charge in [0.2, 0.25) is 0 Å². The predicted molar refractivity (Wildman–Crippen MR) is 96.8 cm³/mol. The molecule has 0 saturated heterocycles. The molecule has 0 aliphatic rings. The van der Waals surface area contributed by atoms with E-state index in [0.717, 1.165) is 25.9 Å². The second-order valence-corrected chi connectivity index (χ2v) is 6.29. The molecular formula is C17H16IN3. The summed E-state index contributed by atoms with van der Waals surface area (Å²) in [5.41, 5.74) is 5.56. The van der Waals surface area contributed by atoms with E-state index in [4.69, 9.17) is 4.98 Å². The number of hydrogen-bond acceptors (Lipinski definition) is 3. The van der Waals surface area contributed by atoms with Gasteiger partial charge in [0.05, 0.1) is 11.2 Å². The molecule has 0 aliphatic heterocycles. The predicted octanol–water partition coefficient (Wildman–Crippen LogP) is 4.28. The molecule has 2 aromatic heterocycles. The lowest BCUT2D eigenvalue weighted by Gasteiger charge is -2.16. The second-order valence-electron chi connectivity index (χ2n) is 5.26. The maximum absolute atomic E-state index is 4.72. The largest absolute Gasteiger partial charge is 0.377 e. The van der Waals surface area contributed by atoms with Gasteiger partial charge >= 0.3 is 0 Å². The molecule has 106 valence electrons. The summed E-state index contributed by atoms with van der Waals surface area (Å²) in [4.78, 5) is 11.3. The Hall–Kier alpha value is -1.69. The Kier molecular flexibility index (Phi) is 3.80. The van der Waals surface area contributed by atoms with E-state index in [1.807, 2.05) is 12.3 Å². The van der Waals surface area contributed by atoms with Crippen molar-refractivity contribution in [2.45, 2.75) is 6.92 Å². The SMILES string of the molecule is Cc1cc(-c2cc3ncccc3c(I)n2)ccc1N(C)C. The van der Waals surface area contributed by atoms with Crippen molar-refractivity contribution >= 4 is 39.2 Å². The van der Waals surface area contributed by atoms with Crippen LogP contribution in [0.1, 0.15) is 5.56 Å². The molecule has 2 heterocycles. The molecule has 0 unspecified atom stereocenters. The zero-order chi connectivity index (χ0) is 15.0. The minimum Gasteiger partial charge on any atom is -0.377 e. The van der Waals surface area contributed by atoms with Crippen LogP contribution in [0, 0.1) is 10.6 Å². The van der Waals surface area contributed by atoms with E-state index in [9.17, 15) is 0 Å². The second kappa shape index (κ2) is 5.60. The normalized spacial score (nSPS) is 10.9. The van der Waals surface area contributed by atoms with Crippen molar-refractivity contribution in [1.29, 1.82) is 0 Å². The van der Waals surface area contributed by atoms with Gasteiger partial charge in [-0.25, -0.2) is 4.98 Å². The first kappa shape index (κ1) is 14.3. The number of hydrogen-bond donors (Lipinski definition) is 0. The zero-order valence-electron chi connectivity index (χ0n) is 12.3. The summed E-state index contributed by atoms with van der Waals surface area (Å²) in [5, 5.41) is 1.10. The van der Waals surface area contributed by atoms with Gasteiger partial charge in [-0.15, -0.1) is 0 Å². The van der Waals surface area contributed by atoms with Gasteiger partial charge in [0.25, 0.3) is 0 Å². The highest BCUT2D eigenvalue weighted by Gasteiger charge is 2.08. The van der Waals surface area contributed by atoms with Crippen molar-refractivity contribution in [2.75, 3.05) is 19.0 Å². The summed E-state index contributed by atoms with van der Waals surface area (Å²) in [6.45, 7) is 2.13. The summed E-state index contributed by atoms with van der Waals surface area (Å²) in [5.74, 6) is 0. The van der Waals surface area contributed by atoms with E-state index >= 15 is 0 Å². The highest BCUT2D eigenvalue weighted by atomic mass is 127. The van der Waals surface area contributed by atoms with E-state index in [0.29, 0.717) is 0 Å². The number of aromatic nitrogens is 2. The lowest BCUT2D eigenvalue weighted by atomic mass is 10.1. The summed E-state index contributed by atoms with van der Waals surface area (Å²) in [6.07, 6.45) is 1.82. The fraction of sp³-hybridized carbons (Fsp3) is 0.176. The Morgan fingerprint density at radius 1 is 1.10 bits per heavy atom. The van der Waals surface area contributed by atoms with E-state index in [1.54, 1.807) is 0 Å². The molecule has 3 rings (SSSR count). The lowest BCUT2D eigenvalue weighted by Crippen LogP contribution is -2.10. The Balaban J connectivity index is 2.14. The molecule has 0 aliphatic carbocycles. The summed E-state index contributed by atoms with van der Waals surface area (Å²) >= 11 is 2.28. The summed E-state index contributed by atoms with van der Waals surface area (Å²) in [7, 11) is 4.12. The average Bonchev–Trinajstić information content (AvgIpc) is 2.46. The van der Waals surface area contributed by atoms with Crippen LogP contribution in [-0.2, 0) is 0 Å². The molecule has 0 amide bonds. The number of aryl methyl sites for hydroxylation is 1. The van der Waals surface area contributed by atoms with Crippen LogP contribution < -0.4 is 4.90 Å². The Morgan fingerprint density at radius 2 is 1.90 bits per heavy atom. The van der Waals surface area contributed by atoms with Crippen molar-refractivity contribution in [3.63, 3.8) is 0 Å². The Morgan fingerprint density at radius 3 is 2.62 bits per heavy atom. The molecule has 0 saturated carbocycles. The van der Waals surface area contributed by atoms with Crippen molar-refractivity contribution in [3.8, 4) is 11.3 Å². The first-order valence-corrected chi connectivity index (χ1v) is 7.84. The molecule has 1 aromatic carbocycles. The highest BCUT2D eigenvalue weighted by Crippen LogP contribution is 2.28. The fourth-order valence-corrected chi connectivity index (χ4v) is 3.22. The number of halogens is 1. The fourth-order valence-electron chi connectivity index (χ4n) is 2.50. The number of pyridine rings is 2. The van der Waals surface area contributed by atoms with Gasteiger partial charge in [0, 0.05) is 36.9 Å². The standard InChI is InChI=1S/C17H16IN3/c1-11-9-12(6-7-16(11)21(2)3)14-10-15-13(17(18)20-14)5-4-8-19-15/h4-10H,1-3H3. The Bertz CT molecular complexity index is 812. The average molecular weight is 389 g/mol. The molecule has 4 heteroatoms. The van der Waals surface area contributed by atoms with Crippen LogP contribution in [0.4, 0.5) is 5.69 Å². The van der Waals surface area contributed by atoms with Crippen molar-refractivity contribution in [2.24, 2.45) is 0 Å². The van der Waals surface area contributed by atoms with Gasteiger partial charge in [0.1, 0.15) is 3.70 Å². The van der Waals surface area contributed by atoms with Gasteiger partial charge in [-0.05, 0) is 65.4 Å². The van der Waals surface area contributed by atoms with Crippen molar-refractivity contribution in [3.05, 3.63) is 51.9 Å². The molecule has 3 aromatic rings. The Labute approximate surface area is 138 Å². The van der Waals surface area contributed by atoms with E-state index in [1.165, 1.54) is 11.3 Å². The third kappa shape index (κ3) is 2.72. The third-order valence-electron chi connectivity index (χ3n) is 3.53. The van der Waals surface area contributed by atoms with Gasteiger partial charge in [-0.3, -0.25) is 4.98 Å². The number of benzene rings is 1. The lowest BCUT2D eigenvalue weighted by molar-refractivity contribution is 1.11. The van der Waals surface area contributed by atoms with Crippen LogP contribution in [0.3, 0.4) is 0 Å². The number of nitrogens with zero attached hydrogens (tertiary/aromatic N) is 3. The maximum Gasteiger partial charge on any atom is 0.111 e. The van der Waals surface area contributed by atoms with Crippen LogP contribution in [0.2, 0.25) is 0 Å². The minimum absolute atomic E-state index is 0.971. The zero-order valence-corrected chi connectivity index (χ0v) is 14.4. The van der Waals surface area contributed by atoms with Gasteiger partial charge in [-0.2, -0.15) is 0 Å².